The average molecular weight is 355 g/mol. The standard InChI is InChI=1S/C18H21N5OS/c1-4-12-5-7-13(8-6-12)15-11-25-18(21-15)22-17(24)16(19-2)14-9-20-23(3)10-14/h5-11,16,19H,4H2,1-3H3,(H,21,22,24). The number of hydrogen-bond donors (Lipinski definition) is 2. The molecule has 1 amide bonds. The molecule has 7 heteroatoms. The number of carbonyl (C=O) groups is 1. The van der Waals surface area contributed by atoms with Gasteiger partial charge in [-0.05, 0) is 19.0 Å². The lowest BCUT2D eigenvalue weighted by molar-refractivity contribution is -0.118. The van der Waals surface area contributed by atoms with Crippen molar-refractivity contribution in [2.24, 2.45) is 7.05 Å². The van der Waals surface area contributed by atoms with Gasteiger partial charge < -0.3 is 10.6 Å². The highest BCUT2D eigenvalue weighted by Crippen LogP contribution is 2.26. The van der Waals surface area contributed by atoms with Gasteiger partial charge in [-0.1, -0.05) is 31.2 Å². The van der Waals surface area contributed by atoms with E-state index in [4.69, 9.17) is 0 Å². The topological polar surface area (TPSA) is 71.8 Å². The number of aryl methyl sites for hydroxylation is 2. The van der Waals surface area contributed by atoms with Gasteiger partial charge in [0.2, 0.25) is 5.91 Å². The maximum Gasteiger partial charge on any atom is 0.247 e. The fourth-order valence-corrected chi connectivity index (χ4v) is 3.31. The highest BCUT2D eigenvalue weighted by atomic mass is 32.1. The Balaban J connectivity index is 1.72. The molecule has 0 radical (unpaired) electrons. The van der Waals surface area contributed by atoms with E-state index in [9.17, 15) is 4.79 Å². The Morgan fingerprint density at radius 2 is 2.08 bits per heavy atom. The Labute approximate surface area is 150 Å². The van der Waals surface area contributed by atoms with Gasteiger partial charge >= 0.3 is 0 Å². The van der Waals surface area contributed by atoms with Crippen molar-refractivity contribution in [2.75, 3.05) is 12.4 Å². The van der Waals surface area contributed by atoms with Crippen LogP contribution in [-0.2, 0) is 18.3 Å². The van der Waals surface area contributed by atoms with Crippen LogP contribution in [0.5, 0.6) is 0 Å². The second kappa shape index (κ2) is 7.58. The second-order valence-electron chi connectivity index (χ2n) is 5.75. The molecule has 0 aliphatic rings. The van der Waals surface area contributed by atoms with E-state index in [0.717, 1.165) is 23.2 Å². The first-order valence-electron chi connectivity index (χ1n) is 8.12. The van der Waals surface area contributed by atoms with Gasteiger partial charge in [-0.25, -0.2) is 4.98 Å². The quantitative estimate of drug-likeness (QED) is 0.713. The molecule has 1 aromatic carbocycles. The Morgan fingerprint density at radius 1 is 1.32 bits per heavy atom. The number of rotatable bonds is 6. The molecule has 25 heavy (non-hydrogen) atoms. The Morgan fingerprint density at radius 3 is 2.68 bits per heavy atom. The minimum atomic E-state index is -0.468. The van der Waals surface area contributed by atoms with E-state index in [1.165, 1.54) is 16.9 Å². The lowest BCUT2D eigenvalue weighted by Crippen LogP contribution is -2.30. The first kappa shape index (κ1) is 17.3. The van der Waals surface area contributed by atoms with Crippen molar-refractivity contribution in [3.63, 3.8) is 0 Å². The number of benzene rings is 1. The molecule has 2 aromatic heterocycles. The number of likely N-dealkylation sites (N-methyl/N-ethyl adjacent to an activating group) is 1. The van der Waals surface area contributed by atoms with E-state index in [2.05, 4.69) is 51.9 Å². The SMILES string of the molecule is CCc1ccc(-c2csc(NC(=O)C(NC)c3cnn(C)c3)n2)cc1. The summed E-state index contributed by atoms with van der Waals surface area (Å²) in [5.74, 6) is -0.155. The molecule has 6 nitrogen and oxygen atoms in total. The fraction of sp³-hybridized carbons (Fsp3) is 0.278. The lowest BCUT2D eigenvalue weighted by atomic mass is 10.1. The maximum absolute atomic E-state index is 12.5. The summed E-state index contributed by atoms with van der Waals surface area (Å²) in [6, 6.07) is 7.86. The zero-order chi connectivity index (χ0) is 17.8. The number of nitrogens with zero attached hydrogens (tertiary/aromatic N) is 3. The minimum Gasteiger partial charge on any atom is -0.305 e. The number of aromatic nitrogens is 3. The summed E-state index contributed by atoms with van der Waals surface area (Å²) in [7, 11) is 3.57. The van der Waals surface area contributed by atoms with Crippen LogP contribution in [0.4, 0.5) is 5.13 Å². The van der Waals surface area contributed by atoms with Crippen LogP contribution in [-0.4, -0.2) is 27.7 Å². The molecule has 0 saturated carbocycles. The van der Waals surface area contributed by atoms with Gasteiger partial charge in [0.25, 0.3) is 0 Å². The third-order valence-electron chi connectivity index (χ3n) is 4.00. The van der Waals surface area contributed by atoms with E-state index >= 15 is 0 Å². The highest BCUT2D eigenvalue weighted by molar-refractivity contribution is 7.14. The molecule has 2 heterocycles. The molecule has 2 N–H and O–H groups in total. The number of carbonyl (C=O) groups excluding carboxylic acids is 1. The third kappa shape index (κ3) is 3.94. The van der Waals surface area contributed by atoms with Crippen molar-refractivity contribution in [2.45, 2.75) is 19.4 Å². The summed E-state index contributed by atoms with van der Waals surface area (Å²) in [4.78, 5) is 17.1. The molecular weight excluding hydrogens is 334 g/mol. The predicted molar refractivity (Wildman–Crippen MR) is 101 cm³/mol. The fourth-order valence-electron chi connectivity index (χ4n) is 2.59. The first-order chi connectivity index (χ1) is 12.1. The van der Waals surface area contributed by atoms with Crippen LogP contribution in [0, 0.1) is 0 Å². The second-order valence-corrected chi connectivity index (χ2v) is 6.60. The molecule has 130 valence electrons. The molecule has 1 atom stereocenters. The zero-order valence-electron chi connectivity index (χ0n) is 14.5. The lowest BCUT2D eigenvalue weighted by Gasteiger charge is -2.12. The number of anilines is 1. The van der Waals surface area contributed by atoms with Crippen molar-refractivity contribution in [1.82, 2.24) is 20.1 Å². The van der Waals surface area contributed by atoms with Crippen LogP contribution in [0.2, 0.25) is 0 Å². The monoisotopic (exact) mass is 355 g/mol. The maximum atomic E-state index is 12.5. The van der Waals surface area contributed by atoms with Gasteiger partial charge in [-0.15, -0.1) is 11.3 Å². The predicted octanol–water partition coefficient (Wildman–Crippen LogP) is 3.01. The minimum absolute atomic E-state index is 0.155. The van der Waals surface area contributed by atoms with Crippen LogP contribution >= 0.6 is 11.3 Å². The summed E-state index contributed by atoms with van der Waals surface area (Å²) < 4.78 is 1.68. The van der Waals surface area contributed by atoms with Crippen molar-refractivity contribution < 1.29 is 4.79 Å². The number of hydrogen-bond acceptors (Lipinski definition) is 5. The summed E-state index contributed by atoms with van der Waals surface area (Å²) in [6.07, 6.45) is 4.52. The van der Waals surface area contributed by atoms with Gasteiger partial charge in [-0.3, -0.25) is 9.48 Å². The summed E-state index contributed by atoms with van der Waals surface area (Å²) in [5, 5.41) is 12.6. The zero-order valence-corrected chi connectivity index (χ0v) is 15.3. The molecule has 0 aliphatic heterocycles. The molecule has 0 aliphatic carbocycles. The van der Waals surface area contributed by atoms with Crippen LogP contribution in [0.15, 0.2) is 42.0 Å². The molecule has 0 saturated heterocycles. The molecule has 0 fully saturated rings. The Kier molecular flexibility index (Phi) is 5.25. The van der Waals surface area contributed by atoms with Crippen LogP contribution in [0.1, 0.15) is 24.1 Å². The molecule has 3 rings (SSSR count). The van der Waals surface area contributed by atoms with E-state index in [1.54, 1.807) is 17.9 Å². The van der Waals surface area contributed by atoms with Gasteiger partial charge in [-0.2, -0.15) is 5.10 Å². The van der Waals surface area contributed by atoms with Gasteiger partial charge in [0.05, 0.1) is 11.9 Å². The average Bonchev–Trinajstić information content (AvgIpc) is 3.25. The van der Waals surface area contributed by atoms with Gasteiger partial charge in [0.1, 0.15) is 6.04 Å². The van der Waals surface area contributed by atoms with Crippen LogP contribution < -0.4 is 10.6 Å². The summed E-state index contributed by atoms with van der Waals surface area (Å²) >= 11 is 1.42. The summed E-state index contributed by atoms with van der Waals surface area (Å²) in [5.41, 5.74) is 4.02. The molecule has 0 spiro atoms. The number of thiazole rings is 1. The number of amides is 1. The van der Waals surface area contributed by atoms with Crippen molar-refractivity contribution in [3.05, 3.63) is 53.2 Å². The molecule has 1 unspecified atom stereocenters. The van der Waals surface area contributed by atoms with E-state index in [-0.39, 0.29) is 5.91 Å². The number of nitrogens with one attached hydrogen (secondary N) is 2. The third-order valence-corrected chi connectivity index (χ3v) is 4.76. The normalized spacial score (nSPS) is 12.1. The van der Waals surface area contributed by atoms with E-state index in [0.29, 0.717) is 5.13 Å². The molecule has 0 bridgehead atoms. The van der Waals surface area contributed by atoms with Crippen molar-refractivity contribution in [3.8, 4) is 11.3 Å². The smallest absolute Gasteiger partial charge is 0.247 e. The highest BCUT2D eigenvalue weighted by Gasteiger charge is 2.21. The first-order valence-corrected chi connectivity index (χ1v) is 9.00. The summed E-state index contributed by atoms with van der Waals surface area (Å²) in [6.45, 7) is 2.13. The van der Waals surface area contributed by atoms with Crippen LogP contribution in [0.3, 0.4) is 0 Å². The van der Waals surface area contributed by atoms with Gasteiger partial charge in [0.15, 0.2) is 5.13 Å². The van der Waals surface area contributed by atoms with E-state index < -0.39 is 6.04 Å². The van der Waals surface area contributed by atoms with Gasteiger partial charge in [0, 0.05) is 29.8 Å². The van der Waals surface area contributed by atoms with Crippen molar-refractivity contribution in [1.29, 1.82) is 0 Å². The van der Waals surface area contributed by atoms with E-state index in [1.807, 2.05) is 18.6 Å². The molecular formula is C18H21N5OS. The largest absolute Gasteiger partial charge is 0.305 e. The van der Waals surface area contributed by atoms with Crippen LogP contribution in [0.25, 0.3) is 11.3 Å². The Bertz CT molecular complexity index is 852. The Hall–Kier alpha value is -2.51. The molecule has 3 aromatic rings. The van der Waals surface area contributed by atoms with Crippen molar-refractivity contribution >= 4 is 22.4 Å².